The molecule has 2 aliphatic carbocycles. The maximum Gasteiger partial charge on any atom is 0.343 e. The van der Waals surface area contributed by atoms with E-state index in [9.17, 15) is 9.59 Å². The highest BCUT2D eigenvalue weighted by Crippen LogP contribution is 2.45. The summed E-state index contributed by atoms with van der Waals surface area (Å²) in [5, 5.41) is 3.66. The average Bonchev–Trinajstić information content (AvgIpc) is 3.54. The molecule has 1 atom stereocenters. The molecule has 0 spiro atoms. The molecule has 2 aromatic heterocycles. The lowest BCUT2D eigenvalue weighted by atomic mass is 9.95. The lowest BCUT2D eigenvalue weighted by Gasteiger charge is -2.16. The van der Waals surface area contributed by atoms with Gasteiger partial charge in [-0.1, -0.05) is 5.11 Å². The van der Waals surface area contributed by atoms with Gasteiger partial charge in [-0.05, 0) is 62.3 Å². The van der Waals surface area contributed by atoms with E-state index in [1.807, 2.05) is 0 Å². The molecule has 5 rings (SSSR count). The van der Waals surface area contributed by atoms with Crippen LogP contribution in [0.4, 0.5) is 8.78 Å². The van der Waals surface area contributed by atoms with Crippen LogP contribution in [0.2, 0.25) is 0 Å². The number of ether oxygens (including phenoxy) is 1. The molecule has 1 unspecified atom stereocenters. The molecule has 3 aromatic rings. The summed E-state index contributed by atoms with van der Waals surface area (Å²) in [5.41, 5.74) is 8.59. The monoisotopic (exact) mass is 470 g/mol. The molecule has 0 saturated heterocycles. The predicted molar refractivity (Wildman–Crippen MR) is 120 cm³/mol. The summed E-state index contributed by atoms with van der Waals surface area (Å²) < 4.78 is 37.8. The first-order valence-corrected chi connectivity index (χ1v) is 11.7. The molecular weight excluding hydrogens is 450 g/mol. The van der Waals surface area contributed by atoms with Crippen LogP contribution in [0.3, 0.4) is 0 Å². The first-order valence-electron chi connectivity index (χ1n) is 10.9. The SMILES string of the molecule is CCOC(=O)c1cn(C2CC2)c2c(F)c(-c3cc4c(s3)C(N=[N+]=[N-])CCC4)c(F)cc2c1=O. The lowest BCUT2D eigenvalue weighted by Crippen LogP contribution is -2.21. The largest absolute Gasteiger partial charge is 0.462 e. The fraction of sp³-hybridized carbons (Fsp3) is 0.391. The fourth-order valence-corrected chi connectivity index (χ4v) is 5.82. The van der Waals surface area contributed by atoms with Gasteiger partial charge < -0.3 is 9.30 Å². The Bertz CT molecular complexity index is 1400. The third-order valence-corrected chi connectivity index (χ3v) is 7.45. The molecule has 1 fully saturated rings. The van der Waals surface area contributed by atoms with Gasteiger partial charge in [0.05, 0.1) is 29.1 Å². The van der Waals surface area contributed by atoms with Crippen LogP contribution in [-0.2, 0) is 11.2 Å². The highest BCUT2D eigenvalue weighted by molar-refractivity contribution is 7.15. The molecule has 1 saturated carbocycles. The van der Waals surface area contributed by atoms with Crippen LogP contribution in [0.25, 0.3) is 31.8 Å². The molecule has 0 amide bonds. The van der Waals surface area contributed by atoms with Gasteiger partial charge in [0.25, 0.3) is 0 Å². The minimum absolute atomic E-state index is 0.00934. The molecule has 33 heavy (non-hydrogen) atoms. The quantitative estimate of drug-likeness (QED) is 0.192. The third-order valence-electron chi connectivity index (χ3n) is 6.15. The lowest BCUT2D eigenvalue weighted by molar-refractivity contribution is 0.0524. The predicted octanol–water partition coefficient (Wildman–Crippen LogP) is 6.21. The molecule has 2 aliphatic rings. The molecular formula is C23H20F2N4O3S. The van der Waals surface area contributed by atoms with E-state index in [1.165, 1.54) is 17.5 Å². The van der Waals surface area contributed by atoms with Gasteiger partial charge >= 0.3 is 5.97 Å². The van der Waals surface area contributed by atoms with E-state index < -0.39 is 23.0 Å². The highest BCUT2D eigenvalue weighted by Gasteiger charge is 2.31. The van der Waals surface area contributed by atoms with Crippen LogP contribution >= 0.6 is 11.3 Å². The number of halogens is 2. The zero-order chi connectivity index (χ0) is 23.3. The van der Waals surface area contributed by atoms with Crippen LogP contribution in [0.5, 0.6) is 0 Å². The number of hydrogen-bond acceptors (Lipinski definition) is 5. The highest BCUT2D eigenvalue weighted by atomic mass is 32.1. The smallest absolute Gasteiger partial charge is 0.343 e. The van der Waals surface area contributed by atoms with Gasteiger partial charge in [0.15, 0.2) is 5.82 Å². The summed E-state index contributed by atoms with van der Waals surface area (Å²) in [6.07, 6.45) is 5.14. The van der Waals surface area contributed by atoms with Crippen molar-refractivity contribution in [2.75, 3.05) is 6.61 Å². The Morgan fingerprint density at radius 2 is 2.12 bits per heavy atom. The summed E-state index contributed by atoms with van der Waals surface area (Å²) in [6, 6.07) is 2.35. The summed E-state index contributed by atoms with van der Waals surface area (Å²) in [7, 11) is 0. The van der Waals surface area contributed by atoms with Crippen molar-refractivity contribution in [3.05, 3.63) is 66.6 Å². The third kappa shape index (κ3) is 3.59. The Morgan fingerprint density at radius 3 is 2.82 bits per heavy atom. The minimum atomic E-state index is -0.876. The molecule has 0 N–H and O–H groups in total. The number of rotatable bonds is 5. The Kier molecular flexibility index (Phi) is 5.42. The Hall–Kier alpha value is -3.23. The molecule has 170 valence electrons. The van der Waals surface area contributed by atoms with Crippen molar-refractivity contribution < 1.29 is 18.3 Å². The Balaban J connectivity index is 1.74. The second-order valence-corrected chi connectivity index (χ2v) is 9.37. The van der Waals surface area contributed by atoms with Crippen LogP contribution in [0, 0.1) is 11.6 Å². The minimum Gasteiger partial charge on any atom is -0.462 e. The number of thiophene rings is 1. The van der Waals surface area contributed by atoms with E-state index in [4.69, 9.17) is 10.3 Å². The normalized spacial score (nSPS) is 17.5. The van der Waals surface area contributed by atoms with Gasteiger partial charge in [-0.3, -0.25) is 4.79 Å². The van der Waals surface area contributed by atoms with Crippen LogP contribution in [-0.4, -0.2) is 17.1 Å². The Labute approximate surface area is 191 Å². The van der Waals surface area contributed by atoms with Crippen molar-refractivity contribution in [2.24, 2.45) is 5.11 Å². The second-order valence-electron chi connectivity index (χ2n) is 8.29. The molecule has 2 heterocycles. The van der Waals surface area contributed by atoms with E-state index in [0.29, 0.717) is 11.3 Å². The fourth-order valence-electron chi connectivity index (χ4n) is 4.50. The van der Waals surface area contributed by atoms with Gasteiger partial charge in [-0.2, -0.15) is 0 Å². The zero-order valence-electron chi connectivity index (χ0n) is 17.8. The number of fused-ring (bicyclic) bond motifs is 2. The number of esters is 1. The number of nitrogens with zero attached hydrogens (tertiary/aromatic N) is 4. The van der Waals surface area contributed by atoms with Crippen LogP contribution < -0.4 is 5.43 Å². The topological polar surface area (TPSA) is 97.1 Å². The van der Waals surface area contributed by atoms with Gasteiger partial charge in [-0.15, -0.1) is 11.3 Å². The number of carbonyl (C=O) groups excluding carboxylic acids is 1. The molecule has 0 bridgehead atoms. The van der Waals surface area contributed by atoms with E-state index in [1.54, 1.807) is 17.6 Å². The van der Waals surface area contributed by atoms with Crippen LogP contribution in [0.1, 0.15) is 65.5 Å². The van der Waals surface area contributed by atoms with Gasteiger partial charge in [-0.25, -0.2) is 13.6 Å². The van der Waals surface area contributed by atoms with Crippen molar-refractivity contribution in [1.29, 1.82) is 0 Å². The first kappa shape index (κ1) is 21.6. The van der Waals surface area contributed by atoms with Gasteiger partial charge in [0, 0.05) is 26.9 Å². The van der Waals surface area contributed by atoms with E-state index in [2.05, 4.69) is 10.0 Å². The molecule has 0 radical (unpaired) electrons. The van der Waals surface area contributed by atoms with Gasteiger partial charge in [0.2, 0.25) is 5.43 Å². The molecule has 0 aliphatic heterocycles. The summed E-state index contributed by atoms with van der Waals surface area (Å²) >= 11 is 1.22. The summed E-state index contributed by atoms with van der Waals surface area (Å²) in [5.74, 6) is -2.51. The molecule has 7 nitrogen and oxygen atoms in total. The number of azide groups is 1. The Morgan fingerprint density at radius 1 is 1.33 bits per heavy atom. The summed E-state index contributed by atoms with van der Waals surface area (Å²) in [4.78, 5) is 29.4. The van der Waals surface area contributed by atoms with E-state index >= 15 is 8.78 Å². The number of aromatic nitrogens is 1. The first-order chi connectivity index (χ1) is 15.9. The number of pyridine rings is 1. The number of carbonyl (C=O) groups is 1. The molecule has 1 aromatic carbocycles. The second kappa shape index (κ2) is 8.28. The summed E-state index contributed by atoms with van der Waals surface area (Å²) in [6.45, 7) is 1.71. The van der Waals surface area contributed by atoms with Crippen molar-refractivity contribution in [3.63, 3.8) is 0 Å². The maximum atomic E-state index is 15.9. The van der Waals surface area contributed by atoms with E-state index in [-0.39, 0.29) is 40.7 Å². The maximum absolute atomic E-state index is 15.9. The van der Waals surface area contributed by atoms with Crippen molar-refractivity contribution >= 4 is 28.2 Å². The van der Waals surface area contributed by atoms with Crippen molar-refractivity contribution in [3.8, 4) is 10.4 Å². The number of benzene rings is 1. The van der Waals surface area contributed by atoms with Crippen molar-refractivity contribution in [1.82, 2.24) is 4.57 Å². The standard InChI is InChI=1S/C23H20F2N4O3S/c1-2-32-23(31)14-10-29(12-6-7-12)20-13(21(14)30)9-15(24)18(19(20)25)17-8-11-4-3-5-16(27-28-26)22(11)33-17/h8-10,12,16H,2-7H2,1H3. The number of hydrogen-bond donors (Lipinski definition) is 0. The van der Waals surface area contributed by atoms with E-state index in [0.717, 1.165) is 42.2 Å². The van der Waals surface area contributed by atoms with Crippen molar-refractivity contribution in [2.45, 2.75) is 51.1 Å². The van der Waals surface area contributed by atoms with Crippen LogP contribution in [0.15, 0.2) is 28.2 Å². The van der Waals surface area contributed by atoms with Gasteiger partial charge in [0.1, 0.15) is 11.4 Å². The molecule has 10 heteroatoms. The average molecular weight is 471 g/mol. The zero-order valence-corrected chi connectivity index (χ0v) is 18.6. The number of aryl methyl sites for hydroxylation is 1.